The minimum Gasteiger partial charge on any atom is -0.399 e. The highest BCUT2D eigenvalue weighted by atomic mass is 32.2. The zero-order valence-corrected chi connectivity index (χ0v) is 11.5. The van der Waals surface area contributed by atoms with E-state index < -0.39 is 10.0 Å². The lowest BCUT2D eigenvalue weighted by Gasteiger charge is -2.10. The lowest BCUT2D eigenvalue weighted by molar-refractivity contribution is 0.598. The number of primary sulfonamides is 1. The van der Waals surface area contributed by atoms with Gasteiger partial charge in [-0.1, -0.05) is 0 Å². The fraction of sp³-hybridized carbons (Fsp3) is 0.0769. The van der Waals surface area contributed by atoms with Crippen LogP contribution in [0, 0.1) is 12.7 Å². The lowest BCUT2D eigenvalue weighted by Crippen LogP contribution is -2.12. The van der Waals surface area contributed by atoms with E-state index in [1.165, 1.54) is 30.3 Å². The fourth-order valence-corrected chi connectivity index (χ4v) is 2.43. The molecule has 0 aliphatic heterocycles. The van der Waals surface area contributed by atoms with Crippen LogP contribution in [0.4, 0.5) is 21.5 Å². The summed E-state index contributed by atoms with van der Waals surface area (Å²) in [6, 6.07) is 8.55. The number of hydrogen-bond acceptors (Lipinski definition) is 4. The Kier molecular flexibility index (Phi) is 3.65. The molecule has 0 aliphatic rings. The molecule has 2 aromatic carbocycles. The smallest absolute Gasteiger partial charge is 0.238 e. The molecule has 0 radical (unpaired) electrons. The van der Waals surface area contributed by atoms with Crippen molar-refractivity contribution in [3.05, 3.63) is 47.8 Å². The normalized spacial score (nSPS) is 11.3. The summed E-state index contributed by atoms with van der Waals surface area (Å²) in [4.78, 5) is -0.104. The third kappa shape index (κ3) is 3.46. The summed E-state index contributed by atoms with van der Waals surface area (Å²) < 4.78 is 36.0. The van der Waals surface area contributed by atoms with Crippen LogP contribution < -0.4 is 16.2 Å². The van der Waals surface area contributed by atoms with Gasteiger partial charge in [0.1, 0.15) is 5.82 Å². The van der Waals surface area contributed by atoms with E-state index in [0.29, 0.717) is 11.4 Å². The number of rotatable bonds is 3. The summed E-state index contributed by atoms with van der Waals surface area (Å²) in [6.45, 7) is 1.75. The van der Waals surface area contributed by atoms with Crippen molar-refractivity contribution >= 4 is 27.1 Å². The van der Waals surface area contributed by atoms with Gasteiger partial charge in [0, 0.05) is 17.1 Å². The van der Waals surface area contributed by atoms with Gasteiger partial charge in [-0.3, -0.25) is 0 Å². The molecule has 106 valence electrons. The van der Waals surface area contributed by atoms with E-state index in [1.54, 1.807) is 13.0 Å². The minimum absolute atomic E-state index is 0.104. The van der Waals surface area contributed by atoms with E-state index in [-0.39, 0.29) is 16.4 Å². The van der Waals surface area contributed by atoms with Gasteiger partial charge in [0.15, 0.2) is 0 Å². The predicted molar refractivity (Wildman–Crippen MR) is 76.6 cm³/mol. The number of halogens is 1. The SMILES string of the molecule is Cc1cc(F)cc(Nc2cc(N)cc(S(N)(=O)=O)c2)c1. The lowest BCUT2D eigenvalue weighted by atomic mass is 10.2. The zero-order chi connectivity index (χ0) is 14.9. The molecule has 0 spiro atoms. The second kappa shape index (κ2) is 5.10. The van der Waals surface area contributed by atoms with Gasteiger partial charge in [-0.2, -0.15) is 0 Å². The van der Waals surface area contributed by atoms with E-state index >= 15 is 0 Å². The molecule has 2 aromatic rings. The van der Waals surface area contributed by atoms with E-state index in [1.807, 2.05) is 0 Å². The Labute approximate surface area is 116 Å². The summed E-state index contributed by atoms with van der Waals surface area (Å²) in [5.41, 5.74) is 7.53. The maximum Gasteiger partial charge on any atom is 0.238 e. The van der Waals surface area contributed by atoms with E-state index in [9.17, 15) is 12.8 Å². The molecule has 20 heavy (non-hydrogen) atoms. The first-order valence-electron chi connectivity index (χ1n) is 5.71. The van der Waals surface area contributed by atoms with Crippen LogP contribution in [0.25, 0.3) is 0 Å². The summed E-state index contributed by atoms with van der Waals surface area (Å²) in [6.07, 6.45) is 0. The molecule has 5 nitrogen and oxygen atoms in total. The number of sulfonamides is 1. The molecule has 0 bridgehead atoms. The van der Waals surface area contributed by atoms with Crippen LogP contribution >= 0.6 is 0 Å². The van der Waals surface area contributed by atoms with Crippen molar-refractivity contribution in [2.24, 2.45) is 5.14 Å². The Morgan fingerprint density at radius 3 is 2.30 bits per heavy atom. The molecule has 0 aromatic heterocycles. The number of nitrogens with two attached hydrogens (primary N) is 2. The first kappa shape index (κ1) is 14.3. The molecule has 0 aliphatic carbocycles. The molecule has 0 atom stereocenters. The molecule has 0 saturated carbocycles. The van der Waals surface area contributed by atoms with Gasteiger partial charge in [0.05, 0.1) is 4.90 Å². The third-order valence-electron chi connectivity index (χ3n) is 2.59. The first-order valence-corrected chi connectivity index (χ1v) is 7.26. The zero-order valence-electron chi connectivity index (χ0n) is 10.7. The Balaban J connectivity index is 2.41. The molecule has 0 unspecified atom stereocenters. The molecule has 0 saturated heterocycles. The van der Waals surface area contributed by atoms with Crippen molar-refractivity contribution in [3.8, 4) is 0 Å². The average molecular weight is 295 g/mol. The minimum atomic E-state index is -3.85. The maximum absolute atomic E-state index is 13.3. The summed E-state index contributed by atoms with van der Waals surface area (Å²) in [5, 5.41) is 7.96. The van der Waals surface area contributed by atoms with Crippen LogP contribution in [0.5, 0.6) is 0 Å². The first-order chi connectivity index (χ1) is 9.24. The van der Waals surface area contributed by atoms with Gasteiger partial charge in [0.2, 0.25) is 10.0 Å². The highest BCUT2D eigenvalue weighted by Gasteiger charge is 2.10. The number of nitrogen functional groups attached to an aromatic ring is 1. The second-order valence-electron chi connectivity index (χ2n) is 4.48. The number of anilines is 3. The molecular formula is C13H14FN3O2S. The molecule has 7 heteroatoms. The van der Waals surface area contributed by atoms with E-state index in [4.69, 9.17) is 10.9 Å². The van der Waals surface area contributed by atoms with Crippen molar-refractivity contribution in [1.82, 2.24) is 0 Å². The number of nitrogens with one attached hydrogen (secondary N) is 1. The van der Waals surface area contributed by atoms with Crippen LogP contribution in [0.3, 0.4) is 0 Å². The molecule has 0 heterocycles. The molecule has 5 N–H and O–H groups in total. The van der Waals surface area contributed by atoms with Crippen molar-refractivity contribution in [2.45, 2.75) is 11.8 Å². The van der Waals surface area contributed by atoms with Crippen LogP contribution in [0.15, 0.2) is 41.3 Å². The maximum atomic E-state index is 13.3. The number of hydrogen-bond donors (Lipinski definition) is 3. The largest absolute Gasteiger partial charge is 0.399 e. The Morgan fingerprint density at radius 2 is 1.70 bits per heavy atom. The Morgan fingerprint density at radius 1 is 1.05 bits per heavy atom. The van der Waals surface area contributed by atoms with Gasteiger partial charge in [-0.25, -0.2) is 17.9 Å². The fourth-order valence-electron chi connectivity index (χ4n) is 1.83. The summed E-state index contributed by atoms with van der Waals surface area (Å²) >= 11 is 0. The van der Waals surface area contributed by atoms with Crippen molar-refractivity contribution in [1.29, 1.82) is 0 Å². The van der Waals surface area contributed by atoms with Gasteiger partial charge in [-0.15, -0.1) is 0 Å². The van der Waals surface area contributed by atoms with E-state index in [0.717, 1.165) is 5.56 Å². The molecule has 2 rings (SSSR count). The average Bonchev–Trinajstić information content (AvgIpc) is 2.25. The molecular weight excluding hydrogens is 281 g/mol. The standard InChI is InChI=1S/C13H14FN3O2S/c1-8-2-9(14)4-11(3-8)17-12-5-10(15)6-13(7-12)20(16,18)19/h2-7,17H,15H2,1H3,(H2,16,18,19). The predicted octanol–water partition coefficient (Wildman–Crippen LogP) is 2.11. The quantitative estimate of drug-likeness (QED) is 0.755. The monoisotopic (exact) mass is 295 g/mol. The van der Waals surface area contributed by atoms with Gasteiger partial charge >= 0.3 is 0 Å². The summed E-state index contributed by atoms with van der Waals surface area (Å²) in [5.74, 6) is -0.386. The second-order valence-corrected chi connectivity index (χ2v) is 6.04. The van der Waals surface area contributed by atoms with Gasteiger partial charge in [-0.05, 0) is 48.9 Å². The molecule has 0 fully saturated rings. The highest BCUT2D eigenvalue weighted by Crippen LogP contribution is 2.24. The van der Waals surface area contributed by atoms with Crippen molar-refractivity contribution in [3.63, 3.8) is 0 Å². The Bertz CT molecular complexity index is 740. The van der Waals surface area contributed by atoms with Gasteiger partial charge < -0.3 is 11.1 Å². The van der Waals surface area contributed by atoms with Crippen molar-refractivity contribution in [2.75, 3.05) is 11.1 Å². The third-order valence-corrected chi connectivity index (χ3v) is 3.48. The Hall–Kier alpha value is -2.12. The number of benzene rings is 2. The topological polar surface area (TPSA) is 98.2 Å². The van der Waals surface area contributed by atoms with Crippen LogP contribution in [-0.4, -0.2) is 8.42 Å². The number of aryl methyl sites for hydroxylation is 1. The van der Waals surface area contributed by atoms with Crippen molar-refractivity contribution < 1.29 is 12.8 Å². The molecule has 0 amide bonds. The summed E-state index contributed by atoms with van der Waals surface area (Å²) in [7, 11) is -3.85. The highest BCUT2D eigenvalue weighted by molar-refractivity contribution is 7.89. The van der Waals surface area contributed by atoms with Crippen LogP contribution in [-0.2, 0) is 10.0 Å². The van der Waals surface area contributed by atoms with E-state index in [2.05, 4.69) is 5.32 Å². The van der Waals surface area contributed by atoms with Crippen LogP contribution in [0.2, 0.25) is 0 Å². The van der Waals surface area contributed by atoms with Crippen LogP contribution in [0.1, 0.15) is 5.56 Å². The van der Waals surface area contributed by atoms with Gasteiger partial charge in [0.25, 0.3) is 0 Å².